The van der Waals surface area contributed by atoms with E-state index in [-0.39, 0.29) is 19.1 Å². The van der Waals surface area contributed by atoms with Crippen LogP contribution in [-0.4, -0.2) is 68.5 Å². The van der Waals surface area contributed by atoms with Crippen LogP contribution in [0.2, 0.25) is 0 Å². The average molecular weight is 1280 g/mol. The molecule has 1 amide bonds. The number of hydrogen-bond donors (Lipinski definition) is 2. The number of unbranched alkanes of at least 4 members (excludes halogenated alkanes) is 39. The molecule has 90 heavy (non-hydrogen) atoms. The fourth-order valence-electron chi connectivity index (χ4n) is 11.2. The number of nitrogens with zero attached hydrogens (tertiary/aromatic N) is 1. The number of carbonyl (C=O) groups excluding carboxylic acids is 1. The van der Waals surface area contributed by atoms with Gasteiger partial charge in [-0.3, -0.25) is 9.36 Å². The number of aliphatic hydroxyl groups is 1. The van der Waals surface area contributed by atoms with Crippen molar-refractivity contribution in [1.82, 2.24) is 5.32 Å². The maximum Gasteiger partial charge on any atom is 0.268 e. The second kappa shape index (κ2) is 70.5. The molecule has 0 aromatic rings. The lowest BCUT2D eigenvalue weighted by atomic mass is 10.0. The summed E-state index contributed by atoms with van der Waals surface area (Å²) in [7, 11) is 1.30. The number of phosphoric ester groups is 1. The van der Waals surface area contributed by atoms with Crippen LogP contribution in [0.5, 0.6) is 0 Å². The van der Waals surface area contributed by atoms with Gasteiger partial charge in [0, 0.05) is 6.42 Å². The van der Waals surface area contributed by atoms with E-state index in [1.807, 2.05) is 21.1 Å². The minimum absolute atomic E-state index is 0.00825. The zero-order valence-corrected chi connectivity index (χ0v) is 60.7. The van der Waals surface area contributed by atoms with Crippen molar-refractivity contribution in [2.24, 2.45) is 0 Å². The summed E-state index contributed by atoms with van der Waals surface area (Å²) in [5.41, 5.74) is 0. The SMILES string of the molecule is CC/C=C\C/C=C\C/C=C\C/C=C\C/C=C\C/C=C\C/C=C\C/C=C\C/C=C\CCCCCCCCCCCCCC(=O)NC(COP(=O)([O-])OCC[N+](C)(C)C)C(O)CCCCCCCCCCCCCCCCCCCCCCCCCCCCCCC. The first-order valence-corrected chi connectivity index (χ1v) is 39.7. The molecule has 0 aliphatic carbocycles. The summed E-state index contributed by atoms with van der Waals surface area (Å²) in [6.07, 6.45) is 103. The molecule has 3 atom stereocenters. The third-order valence-corrected chi connectivity index (χ3v) is 18.0. The summed E-state index contributed by atoms with van der Waals surface area (Å²) in [6, 6.07) is -0.811. The van der Waals surface area contributed by atoms with Crippen LogP contribution >= 0.6 is 7.82 Å². The zero-order chi connectivity index (χ0) is 65.5. The normalized spacial score (nSPS) is 14.2. The molecule has 0 saturated heterocycles. The van der Waals surface area contributed by atoms with Gasteiger partial charge in [0.15, 0.2) is 0 Å². The Bertz CT molecular complexity index is 1840. The number of carbonyl (C=O) groups is 1. The molecule has 0 saturated carbocycles. The van der Waals surface area contributed by atoms with Crippen LogP contribution in [0.1, 0.15) is 348 Å². The van der Waals surface area contributed by atoms with Gasteiger partial charge >= 0.3 is 0 Å². The van der Waals surface area contributed by atoms with Crippen molar-refractivity contribution in [3.8, 4) is 0 Å². The maximum atomic E-state index is 13.1. The fraction of sp³-hybridized carbons (Fsp3) is 0.765. The number of aliphatic hydroxyl groups excluding tert-OH is 1. The molecule has 0 bridgehead atoms. The van der Waals surface area contributed by atoms with Crippen LogP contribution in [0.25, 0.3) is 0 Å². The molecule has 0 aromatic heterocycles. The van der Waals surface area contributed by atoms with E-state index in [9.17, 15) is 19.4 Å². The third-order valence-electron chi connectivity index (χ3n) is 17.0. The van der Waals surface area contributed by atoms with Crippen molar-refractivity contribution in [2.75, 3.05) is 40.9 Å². The topological polar surface area (TPSA) is 108 Å². The van der Waals surface area contributed by atoms with Crippen molar-refractivity contribution in [2.45, 2.75) is 360 Å². The number of phosphoric acid groups is 1. The summed E-state index contributed by atoms with van der Waals surface area (Å²) in [4.78, 5) is 25.7. The number of likely N-dealkylation sites (N-methyl/N-ethyl adjacent to an activating group) is 1. The summed E-state index contributed by atoms with van der Waals surface area (Å²) in [5, 5.41) is 14.1. The van der Waals surface area contributed by atoms with Gasteiger partial charge in [-0.15, -0.1) is 0 Å². The van der Waals surface area contributed by atoms with Crippen molar-refractivity contribution in [3.05, 3.63) is 109 Å². The predicted molar refractivity (Wildman–Crippen MR) is 394 cm³/mol. The largest absolute Gasteiger partial charge is 0.756 e. The van der Waals surface area contributed by atoms with Crippen LogP contribution < -0.4 is 10.2 Å². The first-order chi connectivity index (χ1) is 44.0. The third kappa shape index (κ3) is 72.6. The highest BCUT2D eigenvalue weighted by atomic mass is 31.2. The summed E-state index contributed by atoms with van der Waals surface area (Å²) in [5.74, 6) is -0.167. The number of hydrogen-bond acceptors (Lipinski definition) is 6. The second-order valence-electron chi connectivity index (χ2n) is 27.0. The molecule has 0 fully saturated rings. The van der Waals surface area contributed by atoms with Crippen molar-refractivity contribution in [1.29, 1.82) is 0 Å². The minimum atomic E-state index is -4.59. The quantitative estimate of drug-likeness (QED) is 0.0272. The Kier molecular flexibility index (Phi) is 68.3. The molecular weight excluding hydrogens is 1130 g/mol. The highest BCUT2D eigenvalue weighted by Gasteiger charge is 2.24. The van der Waals surface area contributed by atoms with Crippen LogP contribution in [0.3, 0.4) is 0 Å². The number of allylic oxidation sites excluding steroid dienone is 18. The Morgan fingerprint density at radius 2 is 0.678 bits per heavy atom. The molecule has 3 unspecified atom stereocenters. The van der Waals surface area contributed by atoms with Crippen molar-refractivity contribution >= 4 is 13.7 Å². The monoisotopic (exact) mass is 1280 g/mol. The Morgan fingerprint density at radius 1 is 0.400 bits per heavy atom. The lowest BCUT2D eigenvalue weighted by Crippen LogP contribution is -2.46. The van der Waals surface area contributed by atoms with Gasteiger partial charge < -0.3 is 28.8 Å². The van der Waals surface area contributed by atoms with Crippen molar-refractivity contribution in [3.63, 3.8) is 0 Å². The number of quaternary nitrogens is 1. The van der Waals surface area contributed by atoms with E-state index in [0.717, 1.165) is 96.3 Å². The summed E-state index contributed by atoms with van der Waals surface area (Å²) in [6.45, 7) is 4.64. The molecule has 0 aromatic carbocycles. The van der Waals surface area contributed by atoms with Gasteiger partial charge in [0.05, 0.1) is 39.9 Å². The number of amides is 1. The van der Waals surface area contributed by atoms with E-state index in [1.54, 1.807) is 0 Å². The van der Waals surface area contributed by atoms with Gasteiger partial charge in [-0.1, -0.05) is 367 Å². The average Bonchev–Trinajstić information content (AvgIpc) is 3.72. The van der Waals surface area contributed by atoms with Gasteiger partial charge in [0.1, 0.15) is 13.2 Å². The second-order valence-corrected chi connectivity index (χ2v) is 28.4. The van der Waals surface area contributed by atoms with E-state index in [2.05, 4.69) is 129 Å². The molecule has 2 N–H and O–H groups in total. The van der Waals surface area contributed by atoms with E-state index in [4.69, 9.17) is 9.05 Å². The Hall–Kier alpha value is -2.84. The lowest BCUT2D eigenvalue weighted by Gasteiger charge is -2.30. The highest BCUT2D eigenvalue weighted by molar-refractivity contribution is 7.45. The molecule has 522 valence electrons. The molecule has 0 radical (unpaired) electrons. The first-order valence-electron chi connectivity index (χ1n) is 38.2. The smallest absolute Gasteiger partial charge is 0.268 e. The Balaban J connectivity index is 4.04. The zero-order valence-electron chi connectivity index (χ0n) is 59.8. The van der Waals surface area contributed by atoms with E-state index in [0.29, 0.717) is 23.9 Å². The highest BCUT2D eigenvalue weighted by Crippen LogP contribution is 2.38. The molecule has 0 aliphatic heterocycles. The van der Waals surface area contributed by atoms with Crippen LogP contribution in [0.4, 0.5) is 0 Å². The summed E-state index contributed by atoms with van der Waals surface area (Å²) >= 11 is 0. The molecule has 8 nitrogen and oxygen atoms in total. The van der Waals surface area contributed by atoms with Gasteiger partial charge in [-0.2, -0.15) is 0 Å². The standard InChI is InChI=1S/C81H147N2O6P/c1-6-8-10-12-14-16-18-20-22-24-26-28-30-32-34-36-37-38-39-40-41-42-43-44-45-47-49-51-53-55-57-59-61-63-65-67-69-71-73-75-81(85)82-79(78-89-90(86,87)88-77-76-83(3,4)5)80(84)74-72-70-68-66-64-62-60-58-56-54-52-50-48-46-35-33-31-29-27-25-23-21-19-17-15-13-11-9-7-2/h8,10,14,16,20,22,26,28,32,34,37-38,40-41,43-44,47,49,79-80,84H,6-7,9,11-13,15,17-19,21,23-25,27,29-31,33,35-36,39,42,45-46,48,50-78H2,1-5H3,(H-,82,85,86,87)/b10-8-,16-14-,22-20-,28-26-,34-32-,38-37-,41-40-,44-43-,49-47-. The molecule has 0 rings (SSSR count). The Labute approximate surface area is 559 Å². The number of nitrogens with one attached hydrogen (secondary N) is 1. The first kappa shape index (κ1) is 87.2. The van der Waals surface area contributed by atoms with Gasteiger partial charge in [0.2, 0.25) is 5.91 Å². The minimum Gasteiger partial charge on any atom is -0.756 e. The van der Waals surface area contributed by atoms with E-state index < -0.39 is 20.0 Å². The van der Waals surface area contributed by atoms with Gasteiger partial charge in [-0.25, -0.2) is 0 Å². The number of rotatable bonds is 70. The molecule has 0 heterocycles. The summed E-state index contributed by atoms with van der Waals surface area (Å²) < 4.78 is 23.6. The van der Waals surface area contributed by atoms with Crippen molar-refractivity contribution < 1.29 is 32.9 Å². The van der Waals surface area contributed by atoms with Gasteiger partial charge in [0.25, 0.3) is 7.82 Å². The molecule has 9 heteroatoms. The Morgan fingerprint density at radius 3 is 0.989 bits per heavy atom. The van der Waals surface area contributed by atoms with E-state index in [1.165, 1.54) is 225 Å². The van der Waals surface area contributed by atoms with E-state index >= 15 is 0 Å². The lowest BCUT2D eigenvalue weighted by molar-refractivity contribution is -0.870. The van der Waals surface area contributed by atoms with Crippen LogP contribution in [0, 0.1) is 0 Å². The maximum absolute atomic E-state index is 13.1. The molecular formula is C81H147N2O6P. The van der Waals surface area contributed by atoms with Crippen LogP contribution in [-0.2, 0) is 18.4 Å². The fourth-order valence-corrected chi connectivity index (χ4v) is 11.9. The van der Waals surface area contributed by atoms with Gasteiger partial charge in [-0.05, 0) is 83.5 Å². The predicted octanol–water partition coefficient (Wildman–Crippen LogP) is 24.4. The van der Waals surface area contributed by atoms with Crippen LogP contribution in [0.15, 0.2) is 109 Å². The molecule has 0 spiro atoms. The molecule has 0 aliphatic rings.